The molecular formula is C9H16N2O2. The van der Waals surface area contributed by atoms with Gasteiger partial charge in [0.2, 0.25) is 0 Å². The van der Waals surface area contributed by atoms with E-state index in [0.717, 1.165) is 5.57 Å². The van der Waals surface area contributed by atoms with E-state index in [2.05, 4.69) is 10.3 Å². The maximum atomic E-state index is 10.7. The highest BCUT2D eigenvalue weighted by atomic mass is 16.4. The average Bonchev–Trinajstić information content (AvgIpc) is 2.11. The van der Waals surface area contributed by atoms with Crippen molar-refractivity contribution in [2.24, 2.45) is 4.99 Å². The highest BCUT2D eigenvalue weighted by Crippen LogP contribution is 2.03. The summed E-state index contributed by atoms with van der Waals surface area (Å²) in [5.74, 6) is -0.841. The maximum Gasteiger partial charge on any atom is 0.321 e. The normalized spacial score (nSPS) is 14.8. The van der Waals surface area contributed by atoms with Gasteiger partial charge in [-0.25, -0.2) is 0 Å². The quantitative estimate of drug-likeness (QED) is 0.618. The van der Waals surface area contributed by atoms with Gasteiger partial charge in [-0.1, -0.05) is 6.08 Å². The Kier molecular flexibility index (Phi) is 5.80. The highest BCUT2D eigenvalue weighted by molar-refractivity contribution is 5.81. The van der Waals surface area contributed by atoms with E-state index in [4.69, 9.17) is 5.11 Å². The van der Waals surface area contributed by atoms with E-state index in [-0.39, 0.29) is 0 Å². The van der Waals surface area contributed by atoms with E-state index in [1.807, 2.05) is 13.0 Å². The molecule has 2 N–H and O–H groups in total. The van der Waals surface area contributed by atoms with E-state index < -0.39 is 12.0 Å². The summed E-state index contributed by atoms with van der Waals surface area (Å²) in [6.07, 6.45) is 3.99. The van der Waals surface area contributed by atoms with Crippen molar-refractivity contribution in [3.63, 3.8) is 0 Å². The topological polar surface area (TPSA) is 61.7 Å². The summed E-state index contributed by atoms with van der Waals surface area (Å²) in [7, 11) is 3.30. The third-order valence-corrected chi connectivity index (χ3v) is 1.75. The second-order valence-corrected chi connectivity index (χ2v) is 2.63. The first-order valence-electron chi connectivity index (χ1n) is 4.13. The first-order valence-corrected chi connectivity index (χ1v) is 4.13. The summed E-state index contributed by atoms with van der Waals surface area (Å²) in [5, 5.41) is 11.5. The van der Waals surface area contributed by atoms with Gasteiger partial charge in [0.05, 0.1) is 0 Å². The Morgan fingerprint density at radius 3 is 2.62 bits per heavy atom. The molecule has 0 aliphatic heterocycles. The summed E-state index contributed by atoms with van der Waals surface area (Å²) in [6, 6.07) is -0.538. The molecule has 4 heteroatoms. The molecular weight excluding hydrogens is 168 g/mol. The molecule has 0 rings (SSSR count). The van der Waals surface area contributed by atoms with Gasteiger partial charge in [-0.2, -0.15) is 0 Å². The minimum Gasteiger partial charge on any atom is -0.480 e. The number of allylic oxidation sites excluding steroid dienone is 1. The Bertz CT molecular complexity index is 222. The Balaban J connectivity index is 4.29. The van der Waals surface area contributed by atoms with Crippen molar-refractivity contribution in [1.82, 2.24) is 5.32 Å². The molecule has 13 heavy (non-hydrogen) atoms. The van der Waals surface area contributed by atoms with Gasteiger partial charge in [-0.15, -0.1) is 0 Å². The van der Waals surface area contributed by atoms with Crippen LogP contribution in [0.15, 0.2) is 16.6 Å². The van der Waals surface area contributed by atoms with Gasteiger partial charge in [0.25, 0.3) is 0 Å². The molecule has 0 aliphatic carbocycles. The molecule has 0 aromatic carbocycles. The number of hydrogen-bond donors (Lipinski definition) is 2. The van der Waals surface area contributed by atoms with Crippen molar-refractivity contribution in [3.8, 4) is 0 Å². The van der Waals surface area contributed by atoms with Crippen LogP contribution in [0.2, 0.25) is 0 Å². The minimum absolute atomic E-state index is 0.458. The molecule has 0 saturated carbocycles. The molecule has 0 saturated heterocycles. The molecule has 0 fully saturated rings. The zero-order valence-corrected chi connectivity index (χ0v) is 8.24. The number of carbonyl (C=O) groups is 1. The van der Waals surface area contributed by atoms with Gasteiger partial charge in [0, 0.05) is 13.3 Å². The third-order valence-electron chi connectivity index (χ3n) is 1.75. The number of nitrogens with one attached hydrogen (secondary N) is 1. The van der Waals surface area contributed by atoms with Crippen LogP contribution in [0.1, 0.15) is 13.3 Å². The number of aliphatic imine (C=N–C) groups is 1. The van der Waals surface area contributed by atoms with Crippen LogP contribution in [0.5, 0.6) is 0 Å². The van der Waals surface area contributed by atoms with Crippen LogP contribution in [0, 0.1) is 0 Å². The predicted molar refractivity (Wildman–Crippen MR) is 53.3 cm³/mol. The summed E-state index contributed by atoms with van der Waals surface area (Å²) in [6.45, 7) is 1.87. The number of carboxylic acid groups (broad SMARTS) is 1. The van der Waals surface area contributed by atoms with Gasteiger partial charge < -0.3 is 10.4 Å². The second-order valence-electron chi connectivity index (χ2n) is 2.63. The third kappa shape index (κ3) is 4.42. The second kappa shape index (κ2) is 6.37. The fourth-order valence-corrected chi connectivity index (χ4v) is 0.959. The Morgan fingerprint density at radius 2 is 2.31 bits per heavy atom. The number of hydrogen-bond acceptors (Lipinski definition) is 3. The van der Waals surface area contributed by atoms with Gasteiger partial charge in [0.15, 0.2) is 0 Å². The molecule has 0 spiro atoms. The Labute approximate surface area is 78.4 Å². The van der Waals surface area contributed by atoms with Gasteiger partial charge in [0.1, 0.15) is 6.04 Å². The first kappa shape index (κ1) is 11.8. The summed E-state index contributed by atoms with van der Waals surface area (Å²) in [4.78, 5) is 14.5. The van der Waals surface area contributed by atoms with Gasteiger partial charge >= 0.3 is 5.97 Å². The molecule has 4 nitrogen and oxygen atoms in total. The van der Waals surface area contributed by atoms with Gasteiger partial charge in [-0.3, -0.25) is 9.79 Å². The molecule has 0 aromatic rings. The lowest BCUT2D eigenvalue weighted by atomic mass is 10.1. The van der Waals surface area contributed by atoms with Crippen molar-refractivity contribution in [1.29, 1.82) is 0 Å². The molecule has 0 aliphatic rings. The van der Waals surface area contributed by atoms with Crippen molar-refractivity contribution in [2.45, 2.75) is 19.4 Å². The maximum absolute atomic E-state index is 10.7. The van der Waals surface area contributed by atoms with Crippen molar-refractivity contribution >= 4 is 12.2 Å². The number of rotatable bonds is 5. The van der Waals surface area contributed by atoms with Crippen LogP contribution in [0.3, 0.4) is 0 Å². The predicted octanol–water partition coefficient (Wildman–Crippen LogP) is 0.696. The van der Waals surface area contributed by atoms with Crippen LogP contribution >= 0.6 is 0 Å². The zero-order chi connectivity index (χ0) is 10.3. The highest BCUT2D eigenvalue weighted by Gasteiger charge is 2.15. The van der Waals surface area contributed by atoms with Crippen LogP contribution < -0.4 is 5.32 Å². The van der Waals surface area contributed by atoms with E-state index in [0.29, 0.717) is 6.42 Å². The molecule has 0 heterocycles. The molecule has 0 radical (unpaired) electrons. The lowest BCUT2D eigenvalue weighted by molar-refractivity contribution is -0.139. The number of likely N-dealkylation sites (N-methyl/N-ethyl adjacent to an activating group) is 1. The van der Waals surface area contributed by atoms with Crippen LogP contribution in [0.4, 0.5) is 0 Å². The standard InChI is InChI=1S/C9H16N2O2/c1-4-7(6-10-2)5-8(11-3)9(12)13/h4,6,8,11H,5H2,1-3H3,(H,12,13)/b7-4-,10-6?. The van der Waals surface area contributed by atoms with Crippen molar-refractivity contribution < 1.29 is 9.90 Å². The average molecular weight is 184 g/mol. The number of aliphatic carboxylic acids is 1. The molecule has 1 unspecified atom stereocenters. The zero-order valence-electron chi connectivity index (χ0n) is 8.24. The molecule has 0 amide bonds. The molecule has 0 bridgehead atoms. The fourth-order valence-electron chi connectivity index (χ4n) is 0.959. The van der Waals surface area contributed by atoms with Crippen LogP contribution in [-0.2, 0) is 4.79 Å². The lowest BCUT2D eigenvalue weighted by Gasteiger charge is -2.10. The SMILES string of the molecule is C/C=C(\C=NC)CC(NC)C(=O)O. The van der Waals surface area contributed by atoms with E-state index >= 15 is 0 Å². The monoisotopic (exact) mass is 184 g/mol. The number of carboxylic acids is 1. The van der Waals surface area contributed by atoms with Crippen LogP contribution in [-0.4, -0.2) is 37.4 Å². The summed E-state index contributed by atoms with van der Waals surface area (Å²) in [5.41, 5.74) is 0.921. The van der Waals surface area contributed by atoms with E-state index in [1.165, 1.54) is 0 Å². The molecule has 74 valence electrons. The van der Waals surface area contributed by atoms with Crippen molar-refractivity contribution in [2.75, 3.05) is 14.1 Å². The smallest absolute Gasteiger partial charge is 0.321 e. The van der Waals surface area contributed by atoms with Gasteiger partial charge in [-0.05, 0) is 26.0 Å². The van der Waals surface area contributed by atoms with Crippen molar-refractivity contribution in [3.05, 3.63) is 11.6 Å². The molecule has 0 aromatic heterocycles. The summed E-state index contributed by atoms with van der Waals surface area (Å²) >= 11 is 0. The minimum atomic E-state index is -0.841. The van der Waals surface area contributed by atoms with E-state index in [9.17, 15) is 4.79 Å². The lowest BCUT2D eigenvalue weighted by Crippen LogP contribution is -2.34. The first-order chi connectivity index (χ1) is 6.15. The Hall–Kier alpha value is -1.16. The van der Waals surface area contributed by atoms with E-state index in [1.54, 1.807) is 20.3 Å². The molecule has 1 atom stereocenters. The largest absolute Gasteiger partial charge is 0.480 e. The van der Waals surface area contributed by atoms with Crippen LogP contribution in [0.25, 0.3) is 0 Å². The Morgan fingerprint density at radius 1 is 1.69 bits per heavy atom. The fraction of sp³-hybridized carbons (Fsp3) is 0.556. The summed E-state index contributed by atoms with van der Waals surface area (Å²) < 4.78 is 0. The number of nitrogens with zero attached hydrogens (tertiary/aromatic N) is 1.